The first-order chi connectivity index (χ1) is 16.6. The Kier molecular flexibility index (Phi) is 6.12. The van der Waals surface area contributed by atoms with E-state index in [2.05, 4.69) is 61.4 Å². The molecule has 5 rings (SSSR count). The van der Waals surface area contributed by atoms with Crippen LogP contribution in [0.25, 0.3) is 11.0 Å². The van der Waals surface area contributed by atoms with Crippen molar-refractivity contribution in [1.82, 2.24) is 19.7 Å². The smallest absolute Gasteiger partial charge is 0.246 e. The van der Waals surface area contributed by atoms with Gasteiger partial charge in [0.2, 0.25) is 5.91 Å². The number of aromatic nitrogens is 4. The summed E-state index contributed by atoms with van der Waals surface area (Å²) in [5.74, 6) is 0.752. The number of benzene rings is 2. The Morgan fingerprint density at radius 1 is 0.971 bits per heavy atom. The van der Waals surface area contributed by atoms with Crippen LogP contribution in [0.1, 0.15) is 18.1 Å². The molecule has 1 aliphatic heterocycles. The van der Waals surface area contributed by atoms with Gasteiger partial charge in [-0.25, -0.2) is 14.6 Å². The van der Waals surface area contributed by atoms with E-state index in [-0.39, 0.29) is 12.5 Å². The normalized spacial score (nSPS) is 13.9. The minimum absolute atomic E-state index is 0.0965. The van der Waals surface area contributed by atoms with Crippen LogP contribution in [0.2, 0.25) is 0 Å². The Balaban J connectivity index is 1.31. The zero-order valence-electron chi connectivity index (χ0n) is 19.6. The minimum Gasteiger partial charge on any atom is -0.368 e. The Morgan fingerprint density at radius 2 is 1.74 bits per heavy atom. The predicted molar refractivity (Wildman–Crippen MR) is 135 cm³/mol. The summed E-state index contributed by atoms with van der Waals surface area (Å²) in [6, 6.07) is 16.5. The summed E-state index contributed by atoms with van der Waals surface area (Å²) in [5, 5.41) is 8.42. The molecule has 1 saturated heterocycles. The summed E-state index contributed by atoms with van der Waals surface area (Å²) < 4.78 is 1.65. The number of hydrogen-bond donors (Lipinski definition) is 1. The summed E-state index contributed by atoms with van der Waals surface area (Å²) in [7, 11) is 0. The van der Waals surface area contributed by atoms with Crippen molar-refractivity contribution < 1.29 is 4.79 Å². The molecule has 3 heterocycles. The summed E-state index contributed by atoms with van der Waals surface area (Å²) >= 11 is 0. The van der Waals surface area contributed by atoms with Crippen molar-refractivity contribution in [3.8, 4) is 0 Å². The average Bonchev–Trinajstić information content (AvgIpc) is 3.28. The Hall–Kier alpha value is -3.94. The van der Waals surface area contributed by atoms with Crippen molar-refractivity contribution >= 4 is 34.1 Å². The molecule has 0 radical (unpaired) electrons. The van der Waals surface area contributed by atoms with Gasteiger partial charge in [0.25, 0.3) is 0 Å². The van der Waals surface area contributed by atoms with Gasteiger partial charge in [0, 0.05) is 37.6 Å². The van der Waals surface area contributed by atoms with E-state index in [9.17, 15) is 4.79 Å². The minimum atomic E-state index is -0.120. The second-order valence-electron chi connectivity index (χ2n) is 8.56. The lowest BCUT2D eigenvalue weighted by molar-refractivity contribution is -0.116. The SMILES string of the molecule is CCc1cccc(C)c1NC(=O)Cn1ncc2c(N3CCN(c4ccccc4)CC3)ncnc21. The zero-order valence-corrected chi connectivity index (χ0v) is 19.6. The van der Waals surface area contributed by atoms with Gasteiger partial charge in [-0.3, -0.25) is 4.79 Å². The third-order valence-corrected chi connectivity index (χ3v) is 6.41. The third kappa shape index (κ3) is 4.31. The standard InChI is InChI=1S/C26H29N7O/c1-3-20-9-7-8-19(2)24(20)30-23(34)17-33-26-22(16-29-33)25(27-18-28-26)32-14-12-31(13-15-32)21-10-5-4-6-11-21/h4-11,16,18H,3,12-15,17H2,1-2H3,(H,30,34). The van der Waals surface area contributed by atoms with E-state index >= 15 is 0 Å². The molecule has 2 aromatic carbocycles. The number of piperazine rings is 1. The number of fused-ring (bicyclic) bond motifs is 1. The number of para-hydroxylation sites is 2. The van der Waals surface area contributed by atoms with Crippen molar-refractivity contribution in [2.24, 2.45) is 0 Å². The fourth-order valence-corrected chi connectivity index (χ4v) is 4.58. The maximum atomic E-state index is 12.9. The van der Waals surface area contributed by atoms with Gasteiger partial charge in [-0.1, -0.05) is 43.3 Å². The molecule has 174 valence electrons. The van der Waals surface area contributed by atoms with Crippen LogP contribution in [-0.2, 0) is 17.8 Å². The summed E-state index contributed by atoms with van der Waals surface area (Å²) in [4.78, 5) is 26.5. The Labute approximate surface area is 199 Å². The lowest BCUT2D eigenvalue weighted by Crippen LogP contribution is -2.46. The maximum absolute atomic E-state index is 12.9. The first kappa shape index (κ1) is 21.9. The molecule has 8 nitrogen and oxygen atoms in total. The van der Waals surface area contributed by atoms with Gasteiger partial charge in [0.15, 0.2) is 5.65 Å². The summed E-state index contributed by atoms with van der Waals surface area (Å²) in [6.07, 6.45) is 4.19. The van der Waals surface area contributed by atoms with Crippen LogP contribution >= 0.6 is 0 Å². The monoisotopic (exact) mass is 455 g/mol. The van der Waals surface area contributed by atoms with Gasteiger partial charge in [-0.2, -0.15) is 5.10 Å². The molecular weight excluding hydrogens is 426 g/mol. The first-order valence-electron chi connectivity index (χ1n) is 11.7. The molecular formula is C26H29N7O. The van der Waals surface area contributed by atoms with Gasteiger partial charge < -0.3 is 15.1 Å². The van der Waals surface area contributed by atoms with E-state index in [0.29, 0.717) is 5.65 Å². The number of carbonyl (C=O) groups is 1. The highest BCUT2D eigenvalue weighted by molar-refractivity contribution is 5.94. The van der Waals surface area contributed by atoms with E-state index in [0.717, 1.165) is 60.6 Å². The van der Waals surface area contributed by atoms with E-state index in [4.69, 9.17) is 0 Å². The third-order valence-electron chi connectivity index (χ3n) is 6.41. The number of aryl methyl sites for hydroxylation is 2. The second-order valence-corrected chi connectivity index (χ2v) is 8.56. The van der Waals surface area contributed by atoms with Crippen molar-refractivity contribution in [2.45, 2.75) is 26.8 Å². The Morgan fingerprint density at radius 3 is 2.50 bits per heavy atom. The number of anilines is 3. The highest BCUT2D eigenvalue weighted by Gasteiger charge is 2.22. The average molecular weight is 456 g/mol. The predicted octanol–water partition coefficient (Wildman–Crippen LogP) is 3.66. The Bertz CT molecular complexity index is 1290. The quantitative estimate of drug-likeness (QED) is 0.478. The number of rotatable bonds is 6. The molecule has 4 aromatic rings. The maximum Gasteiger partial charge on any atom is 0.246 e. The molecule has 34 heavy (non-hydrogen) atoms. The van der Waals surface area contributed by atoms with Crippen molar-refractivity contribution in [2.75, 3.05) is 41.3 Å². The van der Waals surface area contributed by atoms with Crippen LogP contribution in [-0.4, -0.2) is 51.8 Å². The van der Waals surface area contributed by atoms with E-state index in [1.54, 1.807) is 17.2 Å². The lowest BCUT2D eigenvalue weighted by Gasteiger charge is -2.36. The van der Waals surface area contributed by atoms with Crippen LogP contribution in [0, 0.1) is 6.92 Å². The number of amides is 1. The van der Waals surface area contributed by atoms with Gasteiger partial charge >= 0.3 is 0 Å². The molecule has 1 fully saturated rings. The van der Waals surface area contributed by atoms with Crippen LogP contribution in [0.5, 0.6) is 0 Å². The molecule has 8 heteroatoms. The molecule has 0 saturated carbocycles. The molecule has 1 aliphatic rings. The van der Waals surface area contributed by atoms with Gasteiger partial charge in [-0.15, -0.1) is 0 Å². The van der Waals surface area contributed by atoms with Gasteiger partial charge in [0.05, 0.1) is 11.6 Å². The molecule has 0 unspecified atom stereocenters. The summed E-state index contributed by atoms with van der Waals surface area (Å²) in [6.45, 7) is 7.75. The van der Waals surface area contributed by atoms with Crippen LogP contribution in [0.4, 0.5) is 17.2 Å². The van der Waals surface area contributed by atoms with Gasteiger partial charge in [-0.05, 0) is 36.6 Å². The molecule has 0 bridgehead atoms. The largest absolute Gasteiger partial charge is 0.368 e. The van der Waals surface area contributed by atoms with Gasteiger partial charge in [0.1, 0.15) is 18.7 Å². The number of nitrogens with one attached hydrogen (secondary N) is 1. The highest BCUT2D eigenvalue weighted by atomic mass is 16.2. The topological polar surface area (TPSA) is 79.2 Å². The molecule has 0 spiro atoms. The van der Waals surface area contributed by atoms with Crippen LogP contribution in [0.3, 0.4) is 0 Å². The van der Waals surface area contributed by atoms with E-state index < -0.39 is 0 Å². The number of nitrogens with zero attached hydrogens (tertiary/aromatic N) is 6. The molecule has 0 aliphatic carbocycles. The zero-order chi connectivity index (χ0) is 23.5. The fraction of sp³-hybridized carbons (Fsp3) is 0.308. The molecule has 1 amide bonds. The fourth-order valence-electron chi connectivity index (χ4n) is 4.58. The molecule has 2 aromatic heterocycles. The lowest BCUT2D eigenvalue weighted by atomic mass is 10.1. The first-order valence-corrected chi connectivity index (χ1v) is 11.7. The summed E-state index contributed by atoms with van der Waals surface area (Å²) in [5.41, 5.74) is 4.98. The van der Waals surface area contributed by atoms with Crippen molar-refractivity contribution in [3.05, 3.63) is 72.2 Å². The van der Waals surface area contributed by atoms with Crippen LogP contribution < -0.4 is 15.1 Å². The molecule has 0 atom stereocenters. The highest BCUT2D eigenvalue weighted by Crippen LogP contribution is 2.26. The van der Waals surface area contributed by atoms with Crippen molar-refractivity contribution in [1.29, 1.82) is 0 Å². The second kappa shape index (κ2) is 9.51. The van der Waals surface area contributed by atoms with Crippen molar-refractivity contribution in [3.63, 3.8) is 0 Å². The van der Waals surface area contributed by atoms with Crippen LogP contribution in [0.15, 0.2) is 61.1 Å². The number of carbonyl (C=O) groups excluding carboxylic acids is 1. The van der Waals surface area contributed by atoms with E-state index in [1.165, 1.54) is 5.69 Å². The van der Waals surface area contributed by atoms with E-state index in [1.807, 2.05) is 31.2 Å². The number of hydrogen-bond acceptors (Lipinski definition) is 6. The molecule has 1 N–H and O–H groups in total.